The van der Waals surface area contributed by atoms with Crippen LogP contribution in [-0.2, 0) is 120 Å². The Labute approximate surface area is 813 Å². The van der Waals surface area contributed by atoms with Crippen molar-refractivity contribution in [2.45, 2.75) is 287 Å². The SMILES string of the molecule is CC[C@H](C)[C@H](NC(=O)[C@H](CCCCN)NC(=O)[C@H](CC(=O)O)NC(=O)[C@H](CC(C)C)NC(=O)C(C)(C)NC(=O)[C@@H](NC(=O)[C@H](CO)NC(=O)[C@H](Cc1ccc(O)cc1)NC(=O)[C@H](CC(=O)O)NC(=O)[C@H](CO)NC(=O)[C@@H](NC(=O)[C@H](Cc1ccccc1)NC(=O)[C@@H](NC(=O)CNC(=O)[C@H](CCC(=O)O)NC(=O)C(C)(C)NC(=O)[C@@H](N)Cc1ccc(O)cc1)[C@@H](C)O)[C@@H](C)O)[C@@H](C)CC)C(=O)N[C@@H](C)C(=O)O. The number of carbonyl (C=O) groups is 21. The Balaban J connectivity index is 1.87. The van der Waals surface area contributed by atoms with Gasteiger partial charge >= 0.3 is 23.9 Å². The fourth-order valence-electron chi connectivity index (χ4n) is 13.6. The first kappa shape index (κ1) is 121. The lowest BCUT2D eigenvalue weighted by atomic mass is 9.95. The smallest absolute Gasteiger partial charge is 0.325 e. The molecule has 782 valence electrons. The van der Waals surface area contributed by atoms with Crippen molar-refractivity contribution in [3.8, 4) is 11.5 Å². The first-order valence-electron chi connectivity index (χ1n) is 45.6. The molecule has 0 unspecified atom stereocenters. The van der Waals surface area contributed by atoms with Crippen LogP contribution in [0.15, 0.2) is 78.9 Å². The summed E-state index contributed by atoms with van der Waals surface area (Å²) in [7, 11) is 0. The second kappa shape index (κ2) is 58.7. The molecule has 0 fully saturated rings. The number of rotatable bonds is 62. The number of benzene rings is 3. The lowest BCUT2D eigenvalue weighted by molar-refractivity contribution is -0.142. The third kappa shape index (κ3) is 41.8. The number of aliphatic carboxylic acids is 4. The van der Waals surface area contributed by atoms with Gasteiger partial charge in [-0.1, -0.05) is 109 Å². The monoisotopic (exact) mass is 1990 g/mol. The summed E-state index contributed by atoms with van der Waals surface area (Å²) in [6.45, 7) is 14.4. The van der Waals surface area contributed by atoms with Gasteiger partial charge < -0.3 is 153 Å². The summed E-state index contributed by atoms with van der Waals surface area (Å²) >= 11 is 0. The van der Waals surface area contributed by atoms with E-state index >= 15 is 0 Å². The van der Waals surface area contributed by atoms with E-state index in [2.05, 4.69) is 85.1 Å². The maximum atomic E-state index is 14.5. The van der Waals surface area contributed by atoms with E-state index in [1.807, 2.05) is 5.32 Å². The minimum absolute atomic E-state index is 0.0209. The predicted molar refractivity (Wildman–Crippen MR) is 500 cm³/mol. The molecule has 141 heavy (non-hydrogen) atoms. The number of amides is 17. The zero-order chi connectivity index (χ0) is 107. The number of carboxylic acids is 4. The zero-order valence-corrected chi connectivity index (χ0v) is 80.8. The maximum Gasteiger partial charge on any atom is 0.325 e. The Bertz CT molecular complexity index is 4810. The lowest BCUT2D eigenvalue weighted by Crippen LogP contribution is -2.64. The molecule has 31 N–H and O–H groups in total. The molecule has 3 aromatic rings. The van der Waals surface area contributed by atoms with Crippen LogP contribution in [-0.4, -0.2) is 316 Å². The molecule has 17 amide bonds. The number of nitrogens with two attached hydrogens (primary N) is 2. The van der Waals surface area contributed by atoms with E-state index in [9.17, 15) is 152 Å². The Hall–Kier alpha value is -14.1. The van der Waals surface area contributed by atoms with Gasteiger partial charge in [0.15, 0.2) is 0 Å². The normalized spacial score (nSPS) is 15.4. The highest BCUT2D eigenvalue weighted by Gasteiger charge is 2.43. The van der Waals surface area contributed by atoms with Crippen LogP contribution in [0, 0.1) is 17.8 Å². The second-order valence-corrected chi connectivity index (χ2v) is 35.7. The highest BCUT2D eigenvalue weighted by atomic mass is 16.4. The van der Waals surface area contributed by atoms with Crippen molar-refractivity contribution in [1.82, 2.24) is 90.4 Å². The molecule has 0 bridgehead atoms. The summed E-state index contributed by atoms with van der Waals surface area (Å²) in [4.78, 5) is 287. The molecule has 0 spiro atoms. The minimum Gasteiger partial charge on any atom is -0.508 e. The predicted octanol–water partition coefficient (Wildman–Crippen LogP) is -6.92. The summed E-state index contributed by atoms with van der Waals surface area (Å²) in [6, 6.07) is -8.12. The van der Waals surface area contributed by atoms with E-state index in [1.54, 1.807) is 40.7 Å². The van der Waals surface area contributed by atoms with E-state index in [0.717, 1.165) is 13.8 Å². The molecule has 0 aliphatic heterocycles. The summed E-state index contributed by atoms with van der Waals surface area (Å²) in [5.41, 5.74) is 9.03. The molecule has 0 radical (unpaired) electrons. The Morgan fingerprint density at radius 3 is 1.16 bits per heavy atom. The first-order valence-corrected chi connectivity index (χ1v) is 45.6. The largest absolute Gasteiger partial charge is 0.508 e. The van der Waals surface area contributed by atoms with Crippen molar-refractivity contribution >= 4 is 124 Å². The number of unbranched alkanes of at least 4 members (excludes halogenated alkanes) is 1. The van der Waals surface area contributed by atoms with Crippen molar-refractivity contribution in [3.63, 3.8) is 0 Å². The van der Waals surface area contributed by atoms with Gasteiger partial charge in [0, 0.05) is 19.3 Å². The van der Waals surface area contributed by atoms with Crippen LogP contribution in [0.3, 0.4) is 0 Å². The molecule has 3 rings (SSSR count). The fourth-order valence-corrected chi connectivity index (χ4v) is 13.6. The highest BCUT2D eigenvalue weighted by molar-refractivity contribution is 6.03. The van der Waals surface area contributed by atoms with E-state index in [0.29, 0.717) is 24.0 Å². The van der Waals surface area contributed by atoms with Crippen molar-refractivity contribution in [1.29, 1.82) is 0 Å². The molecule has 50 heteroatoms. The molecule has 0 aliphatic carbocycles. The van der Waals surface area contributed by atoms with Crippen molar-refractivity contribution in [2.24, 2.45) is 29.2 Å². The van der Waals surface area contributed by atoms with Gasteiger partial charge in [0.25, 0.3) is 0 Å². The topological polar surface area (TPSA) is 817 Å². The third-order valence-corrected chi connectivity index (χ3v) is 22.4. The van der Waals surface area contributed by atoms with E-state index in [1.165, 1.54) is 114 Å². The number of phenols is 2. The van der Waals surface area contributed by atoms with E-state index in [-0.39, 0.29) is 55.7 Å². The molecule has 0 aromatic heterocycles. The molecule has 0 heterocycles. The molecule has 19 atom stereocenters. The summed E-state index contributed by atoms with van der Waals surface area (Å²) in [5, 5.41) is 141. The van der Waals surface area contributed by atoms with Crippen LogP contribution in [0.2, 0.25) is 0 Å². The molecule has 3 aromatic carbocycles. The molecule has 50 nitrogen and oxygen atoms in total. The van der Waals surface area contributed by atoms with Gasteiger partial charge in [0.1, 0.15) is 107 Å². The third-order valence-electron chi connectivity index (χ3n) is 22.4. The number of phenolic OH excluding ortho intramolecular Hbond substituents is 2. The van der Waals surface area contributed by atoms with Gasteiger partial charge in [-0.3, -0.25) is 101 Å². The van der Waals surface area contributed by atoms with Crippen molar-refractivity contribution in [2.75, 3.05) is 26.3 Å². The van der Waals surface area contributed by atoms with Gasteiger partial charge in [-0.25, -0.2) is 0 Å². The van der Waals surface area contributed by atoms with Crippen LogP contribution in [0.5, 0.6) is 11.5 Å². The number of carbonyl (C=O) groups excluding carboxylic acids is 17. The van der Waals surface area contributed by atoms with Crippen LogP contribution in [0.4, 0.5) is 0 Å². The average Bonchev–Trinajstić information content (AvgIpc) is 0.828. The van der Waals surface area contributed by atoms with Crippen LogP contribution in [0.25, 0.3) is 0 Å². The molecular weight excluding hydrogens is 1860 g/mol. The molecular formula is C91H137N19O31. The summed E-state index contributed by atoms with van der Waals surface area (Å²) in [5.74, 6) is -28.2. The molecule has 0 saturated heterocycles. The van der Waals surface area contributed by atoms with Gasteiger partial charge in [-0.05, 0) is 152 Å². The molecule has 0 saturated carbocycles. The minimum atomic E-state index is -2.25. The van der Waals surface area contributed by atoms with E-state index < -0.39 is 314 Å². The average molecular weight is 1990 g/mol. The summed E-state index contributed by atoms with van der Waals surface area (Å²) < 4.78 is 0. The van der Waals surface area contributed by atoms with Gasteiger partial charge in [-0.2, -0.15) is 0 Å². The van der Waals surface area contributed by atoms with Gasteiger partial charge in [0.2, 0.25) is 100 Å². The van der Waals surface area contributed by atoms with Gasteiger partial charge in [-0.15, -0.1) is 0 Å². The number of carboxylic acid groups (broad SMARTS) is 4. The van der Waals surface area contributed by atoms with Crippen molar-refractivity contribution in [3.05, 3.63) is 95.6 Å². The number of aromatic hydroxyl groups is 2. The lowest BCUT2D eigenvalue weighted by Gasteiger charge is -2.32. The second-order valence-electron chi connectivity index (χ2n) is 35.7. The number of nitrogens with one attached hydrogen (secondary N) is 17. The Morgan fingerprint density at radius 2 is 0.716 bits per heavy atom. The first-order chi connectivity index (χ1) is 65.9. The zero-order valence-electron chi connectivity index (χ0n) is 80.8. The Kier molecular flexibility index (Phi) is 50.4. The van der Waals surface area contributed by atoms with Crippen LogP contribution >= 0.6 is 0 Å². The maximum absolute atomic E-state index is 14.5. The van der Waals surface area contributed by atoms with Crippen molar-refractivity contribution < 1.29 is 152 Å². The van der Waals surface area contributed by atoms with Crippen LogP contribution in [0.1, 0.15) is 171 Å². The van der Waals surface area contributed by atoms with E-state index in [4.69, 9.17) is 11.5 Å². The number of hydrogen-bond acceptors (Lipinski definition) is 29. The van der Waals surface area contributed by atoms with Gasteiger partial charge in [0.05, 0.1) is 50.8 Å². The van der Waals surface area contributed by atoms with Crippen LogP contribution < -0.4 is 102 Å². The highest BCUT2D eigenvalue weighted by Crippen LogP contribution is 2.20. The molecule has 0 aliphatic rings. The standard InChI is InChI=1S/C91H137N19O31/c1-14-45(5)69(83(134)95-47(7)87(138)139)106-75(126)56(23-19-20-34-92)96-78(129)61(39-67(120)121)98-76(127)58(35-44(3)4)104-89(141)91(12,13)110-86(137)70(46(6)15-2)107-82(133)64(43-112)101-77(128)59(38-52-26-30-54(116)31-27-52)97-79(130)62(40-68(122)123)99-81(132)63(42-111)102-85(136)72(49(9)114)108-80(131)60(37-50-21-17-16-18-22-50)100-84(135)71(48(8)113)105-65(117)41-94-74(125)57(32-33-66(118)119)103-88(140)90(10,11)109-73(124)55(93)36-51-24-28-53(115)29-25-51/h16-18,21-22,24-31,44-49,55-64,69-72,111-116H,14-15,19-20,23,32-43,92-93H2,1-13H3,(H,94,125)(H,95,134)(H,96,129)(H,97,130)(H,98,127)(H,99,132)(H,100,135)(H,101,128)(H,102,136)(H,103,140)(H,104,141)(H,105,117)(H,106,126)(H,107,133)(H,108,131)(H,109,124)(H,110,137)(H,118,119)(H,120,121)(H,122,123)(H,138,139)/t45-,46-,47-,48+,49+,55-,56-,57-,58-,59-,60-,61-,62-,63-,64-,69-,70-,71-,72-/m0/s1. The fraction of sp³-hybridized carbons (Fsp3) is 0.571. The number of aliphatic hydroxyl groups is 4. The number of hydrogen-bond donors (Lipinski definition) is 29. The summed E-state index contributed by atoms with van der Waals surface area (Å²) in [6.07, 6.45) is -7.68. The quantitative estimate of drug-likeness (QED) is 0.0234. The Morgan fingerprint density at radius 1 is 0.362 bits per heavy atom. The number of aliphatic hydroxyl groups excluding tert-OH is 4.